The van der Waals surface area contributed by atoms with Gasteiger partial charge in [0.25, 0.3) is 0 Å². The molecule has 4 aromatic rings. The zero-order chi connectivity index (χ0) is 20.2. The second kappa shape index (κ2) is 8.36. The number of carbonyl (C=O) groups is 1. The maximum Gasteiger partial charge on any atom is 0.226 e. The first kappa shape index (κ1) is 19.0. The fourth-order valence-electron chi connectivity index (χ4n) is 3.18. The third-order valence-electron chi connectivity index (χ3n) is 4.71. The number of nitrogens with one attached hydrogen (secondary N) is 1. The van der Waals surface area contributed by atoms with E-state index in [2.05, 4.69) is 20.4 Å². The van der Waals surface area contributed by atoms with E-state index in [1.54, 1.807) is 12.4 Å². The standard InChI is InChI=1S/C22H21N5OS/c1-15-20(16(2)27(26-15)19-8-4-3-5-9-19)13-24-21(28)11-18-14-29-22(25-18)17-7-6-10-23-12-17/h3-10,12,14H,11,13H2,1-2H3,(H,24,28). The summed E-state index contributed by atoms with van der Waals surface area (Å²) in [4.78, 5) is 21.1. The van der Waals surface area contributed by atoms with Gasteiger partial charge in [-0.3, -0.25) is 9.78 Å². The minimum atomic E-state index is -0.0562. The highest BCUT2D eigenvalue weighted by molar-refractivity contribution is 7.13. The average Bonchev–Trinajstić information content (AvgIpc) is 3.32. The van der Waals surface area contributed by atoms with E-state index in [9.17, 15) is 4.79 Å². The van der Waals surface area contributed by atoms with Crippen LogP contribution >= 0.6 is 11.3 Å². The highest BCUT2D eigenvalue weighted by Crippen LogP contribution is 2.23. The number of aryl methyl sites for hydroxylation is 1. The van der Waals surface area contributed by atoms with E-state index in [4.69, 9.17) is 0 Å². The van der Waals surface area contributed by atoms with Crippen LogP contribution in [0.3, 0.4) is 0 Å². The molecule has 0 atom stereocenters. The molecule has 0 radical (unpaired) electrons. The first-order chi connectivity index (χ1) is 14.1. The van der Waals surface area contributed by atoms with Gasteiger partial charge in [0.1, 0.15) is 5.01 Å². The van der Waals surface area contributed by atoms with Crippen LogP contribution in [0.15, 0.2) is 60.2 Å². The average molecular weight is 404 g/mol. The molecule has 29 heavy (non-hydrogen) atoms. The van der Waals surface area contributed by atoms with Gasteiger partial charge in [0.05, 0.1) is 23.5 Å². The lowest BCUT2D eigenvalue weighted by Crippen LogP contribution is -2.25. The van der Waals surface area contributed by atoms with Gasteiger partial charge in [0, 0.05) is 41.1 Å². The molecule has 0 unspecified atom stereocenters. The second-order valence-electron chi connectivity index (χ2n) is 6.74. The number of amides is 1. The monoisotopic (exact) mass is 403 g/mol. The normalized spacial score (nSPS) is 10.8. The molecule has 6 nitrogen and oxygen atoms in total. The number of hydrogen-bond acceptors (Lipinski definition) is 5. The second-order valence-corrected chi connectivity index (χ2v) is 7.59. The molecule has 7 heteroatoms. The molecule has 0 bridgehead atoms. The molecule has 1 N–H and O–H groups in total. The Hall–Kier alpha value is -3.32. The van der Waals surface area contributed by atoms with Crippen molar-refractivity contribution in [3.8, 4) is 16.3 Å². The lowest BCUT2D eigenvalue weighted by atomic mass is 10.2. The highest BCUT2D eigenvalue weighted by Gasteiger charge is 2.14. The highest BCUT2D eigenvalue weighted by atomic mass is 32.1. The number of carbonyl (C=O) groups excluding carboxylic acids is 1. The molecule has 0 aliphatic heterocycles. The zero-order valence-corrected chi connectivity index (χ0v) is 17.1. The summed E-state index contributed by atoms with van der Waals surface area (Å²) < 4.78 is 1.91. The topological polar surface area (TPSA) is 72.7 Å². The van der Waals surface area contributed by atoms with Crippen molar-refractivity contribution < 1.29 is 4.79 Å². The Labute approximate surface area is 173 Å². The lowest BCUT2D eigenvalue weighted by molar-refractivity contribution is -0.120. The van der Waals surface area contributed by atoms with Crippen LogP contribution in [0.2, 0.25) is 0 Å². The van der Waals surface area contributed by atoms with E-state index >= 15 is 0 Å². The van der Waals surface area contributed by atoms with Crippen LogP contribution in [0, 0.1) is 13.8 Å². The summed E-state index contributed by atoms with van der Waals surface area (Å²) in [7, 11) is 0. The number of pyridine rings is 1. The molecule has 0 aliphatic carbocycles. The van der Waals surface area contributed by atoms with Gasteiger partial charge in [-0.25, -0.2) is 9.67 Å². The summed E-state index contributed by atoms with van der Waals surface area (Å²) in [5.74, 6) is -0.0562. The van der Waals surface area contributed by atoms with Crippen LogP contribution in [-0.2, 0) is 17.8 Å². The van der Waals surface area contributed by atoms with Crippen molar-refractivity contribution in [3.63, 3.8) is 0 Å². The van der Waals surface area contributed by atoms with Crippen molar-refractivity contribution >= 4 is 17.2 Å². The maximum absolute atomic E-state index is 12.4. The van der Waals surface area contributed by atoms with Crippen LogP contribution in [0.25, 0.3) is 16.3 Å². The molecular formula is C22H21N5OS. The van der Waals surface area contributed by atoms with Crippen molar-refractivity contribution in [1.29, 1.82) is 0 Å². The predicted octanol–water partition coefficient (Wildman–Crippen LogP) is 3.87. The Morgan fingerprint density at radius 2 is 1.97 bits per heavy atom. The van der Waals surface area contributed by atoms with Gasteiger partial charge in [0.15, 0.2) is 0 Å². The van der Waals surface area contributed by atoms with E-state index in [-0.39, 0.29) is 12.3 Å². The van der Waals surface area contributed by atoms with Gasteiger partial charge in [0.2, 0.25) is 5.91 Å². The van der Waals surface area contributed by atoms with Crippen molar-refractivity contribution in [2.24, 2.45) is 0 Å². The van der Waals surface area contributed by atoms with Gasteiger partial charge >= 0.3 is 0 Å². The van der Waals surface area contributed by atoms with Gasteiger partial charge in [-0.1, -0.05) is 18.2 Å². The van der Waals surface area contributed by atoms with E-state index in [0.29, 0.717) is 6.54 Å². The van der Waals surface area contributed by atoms with Gasteiger partial charge in [-0.15, -0.1) is 11.3 Å². The predicted molar refractivity (Wildman–Crippen MR) is 114 cm³/mol. The number of thiazole rings is 1. The molecule has 0 saturated heterocycles. The van der Waals surface area contributed by atoms with Crippen LogP contribution < -0.4 is 5.32 Å². The van der Waals surface area contributed by atoms with Crippen LogP contribution in [0.4, 0.5) is 0 Å². The number of aromatic nitrogens is 4. The van der Waals surface area contributed by atoms with Crippen molar-refractivity contribution in [1.82, 2.24) is 25.1 Å². The Morgan fingerprint density at radius 1 is 1.14 bits per heavy atom. The summed E-state index contributed by atoms with van der Waals surface area (Å²) in [6.45, 7) is 4.44. The third-order valence-corrected chi connectivity index (χ3v) is 5.65. The largest absolute Gasteiger partial charge is 0.352 e. The Bertz CT molecular complexity index is 1120. The first-order valence-corrected chi connectivity index (χ1v) is 10.2. The molecule has 3 aromatic heterocycles. The van der Waals surface area contributed by atoms with Crippen molar-refractivity contribution in [2.75, 3.05) is 0 Å². The zero-order valence-electron chi connectivity index (χ0n) is 16.3. The molecule has 0 fully saturated rings. The summed E-state index contributed by atoms with van der Waals surface area (Å²) in [6.07, 6.45) is 3.76. The summed E-state index contributed by atoms with van der Waals surface area (Å²) in [6, 6.07) is 13.8. The maximum atomic E-state index is 12.4. The number of para-hydroxylation sites is 1. The number of nitrogens with zero attached hydrogens (tertiary/aromatic N) is 4. The molecule has 0 spiro atoms. The number of hydrogen-bond donors (Lipinski definition) is 1. The lowest BCUT2D eigenvalue weighted by Gasteiger charge is -2.07. The van der Waals surface area contributed by atoms with Crippen LogP contribution in [0.5, 0.6) is 0 Å². The Balaban J connectivity index is 1.41. The van der Waals surface area contributed by atoms with E-state index in [1.165, 1.54) is 11.3 Å². The smallest absolute Gasteiger partial charge is 0.226 e. The van der Waals surface area contributed by atoms with Crippen LogP contribution in [-0.4, -0.2) is 25.7 Å². The van der Waals surface area contributed by atoms with Crippen LogP contribution in [0.1, 0.15) is 22.6 Å². The number of benzene rings is 1. The molecule has 1 amide bonds. The molecule has 3 heterocycles. The van der Waals surface area contributed by atoms with E-state index in [1.807, 2.05) is 66.4 Å². The number of rotatable bonds is 6. The quantitative estimate of drug-likeness (QED) is 0.530. The van der Waals surface area contributed by atoms with Crippen molar-refractivity contribution in [2.45, 2.75) is 26.8 Å². The SMILES string of the molecule is Cc1nn(-c2ccccc2)c(C)c1CNC(=O)Cc1csc(-c2cccnc2)n1. The summed E-state index contributed by atoms with van der Waals surface area (Å²) >= 11 is 1.52. The van der Waals surface area contributed by atoms with E-state index < -0.39 is 0 Å². The molecule has 1 aromatic carbocycles. The van der Waals surface area contributed by atoms with Gasteiger partial charge < -0.3 is 5.32 Å². The fraction of sp³-hybridized carbons (Fsp3) is 0.182. The Morgan fingerprint density at radius 3 is 2.72 bits per heavy atom. The first-order valence-electron chi connectivity index (χ1n) is 9.34. The molecule has 0 aliphatic rings. The minimum absolute atomic E-state index is 0.0562. The van der Waals surface area contributed by atoms with Gasteiger partial charge in [-0.05, 0) is 38.1 Å². The third kappa shape index (κ3) is 4.25. The molecule has 146 valence electrons. The fourth-order valence-corrected chi connectivity index (χ4v) is 3.99. The summed E-state index contributed by atoms with van der Waals surface area (Å²) in [5.41, 5.74) is 5.72. The van der Waals surface area contributed by atoms with E-state index in [0.717, 1.165) is 38.9 Å². The minimum Gasteiger partial charge on any atom is -0.352 e. The Kier molecular flexibility index (Phi) is 5.48. The molecule has 0 saturated carbocycles. The molecular weight excluding hydrogens is 382 g/mol. The summed E-state index contributed by atoms with van der Waals surface area (Å²) in [5, 5.41) is 10.4. The van der Waals surface area contributed by atoms with Gasteiger partial charge in [-0.2, -0.15) is 5.10 Å². The van der Waals surface area contributed by atoms with Crippen molar-refractivity contribution in [3.05, 3.63) is 82.9 Å². The molecule has 4 rings (SSSR count).